The molecule has 5 heteroatoms. The van der Waals surface area contributed by atoms with E-state index in [1.807, 2.05) is 19.9 Å². The van der Waals surface area contributed by atoms with E-state index in [2.05, 4.69) is 15.6 Å². The van der Waals surface area contributed by atoms with Crippen LogP contribution >= 0.6 is 11.6 Å². The van der Waals surface area contributed by atoms with Crippen LogP contribution < -0.4 is 10.6 Å². The molecule has 104 valence electrons. The lowest BCUT2D eigenvalue weighted by Crippen LogP contribution is -2.15. The van der Waals surface area contributed by atoms with Crippen molar-refractivity contribution in [2.45, 2.75) is 19.9 Å². The molecule has 20 heavy (non-hydrogen) atoms. The average molecular weight is 290 g/mol. The van der Waals surface area contributed by atoms with Gasteiger partial charge in [0.25, 0.3) is 5.91 Å². The fourth-order valence-corrected chi connectivity index (χ4v) is 1.83. The molecule has 0 aliphatic heterocycles. The summed E-state index contributed by atoms with van der Waals surface area (Å²) in [6.07, 6.45) is 1.61. The van der Waals surface area contributed by atoms with Crippen molar-refractivity contribution in [3.8, 4) is 0 Å². The van der Waals surface area contributed by atoms with Crippen molar-refractivity contribution in [3.63, 3.8) is 0 Å². The second-order valence-corrected chi connectivity index (χ2v) is 5.13. The number of nitrogens with zero attached hydrogens (tertiary/aromatic N) is 1. The molecular weight excluding hydrogens is 274 g/mol. The van der Waals surface area contributed by atoms with Crippen molar-refractivity contribution in [2.24, 2.45) is 0 Å². The smallest absolute Gasteiger partial charge is 0.274 e. The fourth-order valence-electron chi connectivity index (χ4n) is 1.71. The topological polar surface area (TPSA) is 54.0 Å². The van der Waals surface area contributed by atoms with Crippen molar-refractivity contribution in [2.75, 3.05) is 10.6 Å². The van der Waals surface area contributed by atoms with Crippen LogP contribution in [0.1, 0.15) is 24.3 Å². The Labute approximate surface area is 123 Å². The van der Waals surface area contributed by atoms with E-state index in [9.17, 15) is 4.79 Å². The lowest BCUT2D eigenvalue weighted by Gasteiger charge is -2.11. The SMILES string of the molecule is CC(C)Nc1ccnc(C(=O)Nc2ccc(Cl)cc2)c1. The van der Waals surface area contributed by atoms with Crippen molar-refractivity contribution >= 4 is 28.9 Å². The monoisotopic (exact) mass is 289 g/mol. The number of halogens is 1. The molecule has 0 saturated carbocycles. The standard InChI is InChI=1S/C15H16ClN3O/c1-10(2)18-13-7-8-17-14(9-13)15(20)19-12-5-3-11(16)4-6-12/h3-10H,1-2H3,(H,17,18)(H,19,20). The van der Waals surface area contributed by atoms with Crippen LogP contribution in [0.15, 0.2) is 42.6 Å². The number of rotatable bonds is 4. The second kappa shape index (κ2) is 6.39. The van der Waals surface area contributed by atoms with E-state index in [1.165, 1.54) is 0 Å². The van der Waals surface area contributed by atoms with Gasteiger partial charge in [-0.3, -0.25) is 9.78 Å². The summed E-state index contributed by atoms with van der Waals surface area (Å²) < 4.78 is 0. The van der Waals surface area contributed by atoms with Crippen LogP contribution in [-0.2, 0) is 0 Å². The van der Waals surface area contributed by atoms with Crippen molar-refractivity contribution in [3.05, 3.63) is 53.3 Å². The summed E-state index contributed by atoms with van der Waals surface area (Å²) in [5.41, 5.74) is 1.92. The number of pyridine rings is 1. The molecule has 0 bridgehead atoms. The molecule has 0 unspecified atom stereocenters. The highest BCUT2D eigenvalue weighted by molar-refractivity contribution is 6.30. The van der Waals surface area contributed by atoms with Gasteiger partial charge in [0.15, 0.2) is 0 Å². The molecule has 1 amide bonds. The van der Waals surface area contributed by atoms with E-state index in [1.54, 1.807) is 36.5 Å². The number of amides is 1. The van der Waals surface area contributed by atoms with Crippen LogP contribution in [-0.4, -0.2) is 16.9 Å². The van der Waals surface area contributed by atoms with Gasteiger partial charge in [-0.15, -0.1) is 0 Å². The Morgan fingerprint density at radius 2 is 1.85 bits per heavy atom. The van der Waals surface area contributed by atoms with E-state index >= 15 is 0 Å². The minimum atomic E-state index is -0.250. The van der Waals surface area contributed by atoms with Crippen molar-refractivity contribution in [1.29, 1.82) is 0 Å². The average Bonchev–Trinajstić information content (AvgIpc) is 2.41. The van der Waals surface area contributed by atoms with Crippen molar-refractivity contribution in [1.82, 2.24) is 4.98 Å². The highest BCUT2D eigenvalue weighted by atomic mass is 35.5. The van der Waals surface area contributed by atoms with Crippen LogP contribution in [0.2, 0.25) is 5.02 Å². The molecule has 0 aliphatic rings. The number of benzene rings is 1. The summed E-state index contributed by atoms with van der Waals surface area (Å²) in [5.74, 6) is -0.250. The number of aromatic nitrogens is 1. The van der Waals surface area contributed by atoms with Gasteiger partial charge in [0.1, 0.15) is 5.69 Å². The maximum Gasteiger partial charge on any atom is 0.274 e. The number of nitrogens with one attached hydrogen (secondary N) is 2. The molecule has 2 aromatic rings. The molecule has 1 aromatic carbocycles. The largest absolute Gasteiger partial charge is 0.383 e. The highest BCUT2D eigenvalue weighted by Crippen LogP contribution is 2.15. The van der Waals surface area contributed by atoms with Gasteiger partial charge in [-0.1, -0.05) is 11.6 Å². The minimum absolute atomic E-state index is 0.250. The molecule has 2 rings (SSSR count). The molecule has 0 spiro atoms. The number of hydrogen-bond acceptors (Lipinski definition) is 3. The number of carbonyl (C=O) groups excluding carboxylic acids is 1. The second-order valence-electron chi connectivity index (χ2n) is 4.69. The van der Waals surface area contributed by atoms with Gasteiger partial charge in [-0.2, -0.15) is 0 Å². The lowest BCUT2D eigenvalue weighted by atomic mass is 10.2. The molecule has 0 aliphatic carbocycles. The summed E-state index contributed by atoms with van der Waals surface area (Å²) in [7, 11) is 0. The third-order valence-corrected chi connectivity index (χ3v) is 2.80. The summed E-state index contributed by atoms with van der Waals surface area (Å²) in [6.45, 7) is 4.07. The maximum absolute atomic E-state index is 12.1. The van der Waals surface area contributed by atoms with Crippen LogP contribution in [0.5, 0.6) is 0 Å². The minimum Gasteiger partial charge on any atom is -0.383 e. The van der Waals surface area contributed by atoms with Crippen LogP contribution in [0, 0.1) is 0 Å². The Bertz CT molecular complexity index is 596. The molecular formula is C15H16ClN3O. The van der Waals surface area contributed by atoms with Crippen molar-refractivity contribution < 1.29 is 4.79 Å². The van der Waals surface area contributed by atoms with E-state index in [0.717, 1.165) is 5.69 Å². The molecule has 0 fully saturated rings. The normalized spacial score (nSPS) is 10.4. The summed E-state index contributed by atoms with van der Waals surface area (Å²) in [4.78, 5) is 16.2. The zero-order valence-corrected chi connectivity index (χ0v) is 12.1. The van der Waals surface area contributed by atoms with Gasteiger partial charge in [-0.25, -0.2) is 0 Å². The fraction of sp³-hybridized carbons (Fsp3) is 0.200. The van der Waals surface area contributed by atoms with Gasteiger partial charge in [0.05, 0.1) is 0 Å². The highest BCUT2D eigenvalue weighted by Gasteiger charge is 2.08. The molecule has 2 N–H and O–H groups in total. The van der Waals surface area contributed by atoms with E-state index < -0.39 is 0 Å². The van der Waals surface area contributed by atoms with Gasteiger partial charge in [0, 0.05) is 28.6 Å². The van der Waals surface area contributed by atoms with Gasteiger partial charge >= 0.3 is 0 Å². The van der Waals surface area contributed by atoms with E-state index in [0.29, 0.717) is 22.4 Å². The third kappa shape index (κ3) is 3.96. The first-order chi connectivity index (χ1) is 9.54. The van der Waals surface area contributed by atoms with E-state index in [-0.39, 0.29) is 5.91 Å². The van der Waals surface area contributed by atoms with Crippen LogP contribution in [0.3, 0.4) is 0 Å². The van der Waals surface area contributed by atoms with E-state index in [4.69, 9.17) is 11.6 Å². The third-order valence-electron chi connectivity index (χ3n) is 2.55. The molecule has 1 aromatic heterocycles. The quantitative estimate of drug-likeness (QED) is 0.900. The zero-order valence-electron chi connectivity index (χ0n) is 11.4. The van der Waals surface area contributed by atoms with Crippen LogP contribution in [0.4, 0.5) is 11.4 Å². The van der Waals surface area contributed by atoms with Gasteiger partial charge in [0.2, 0.25) is 0 Å². The molecule has 1 heterocycles. The molecule has 4 nitrogen and oxygen atoms in total. The summed E-state index contributed by atoms with van der Waals surface area (Å²) in [5, 5.41) is 6.64. The number of carbonyl (C=O) groups is 1. The lowest BCUT2D eigenvalue weighted by molar-refractivity contribution is 0.102. The predicted octanol–water partition coefficient (Wildman–Crippen LogP) is 3.81. The zero-order chi connectivity index (χ0) is 14.5. The Kier molecular flexibility index (Phi) is 4.58. The van der Waals surface area contributed by atoms with Gasteiger partial charge < -0.3 is 10.6 Å². The molecule has 0 radical (unpaired) electrons. The maximum atomic E-state index is 12.1. The first-order valence-electron chi connectivity index (χ1n) is 6.34. The Balaban J connectivity index is 2.10. The molecule has 0 saturated heterocycles. The Morgan fingerprint density at radius 3 is 2.50 bits per heavy atom. The number of anilines is 2. The first-order valence-corrected chi connectivity index (χ1v) is 6.72. The van der Waals surface area contributed by atoms with Crippen LogP contribution in [0.25, 0.3) is 0 Å². The van der Waals surface area contributed by atoms with Gasteiger partial charge in [-0.05, 0) is 50.2 Å². The molecule has 0 atom stereocenters. The Morgan fingerprint density at radius 1 is 1.15 bits per heavy atom. The predicted molar refractivity (Wildman–Crippen MR) is 82.4 cm³/mol. The Hall–Kier alpha value is -2.07. The summed E-state index contributed by atoms with van der Waals surface area (Å²) >= 11 is 5.80. The summed E-state index contributed by atoms with van der Waals surface area (Å²) in [6, 6.07) is 10.8. The number of hydrogen-bond donors (Lipinski definition) is 2. The first kappa shape index (κ1) is 14.3.